The zero-order chi connectivity index (χ0) is 20.1. The lowest BCUT2D eigenvalue weighted by Gasteiger charge is -2.35. The Hall–Kier alpha value is -2.48. The summed E-state index contributed by atoms with van der Waals surface area (Å²) in [5.41, 5.74) is -0.610. The molecule has 2 N–H and O–H groups in total. The molecule has 28 heavy (non-hydrogen) atoms. The Morgan fingerprint density at radius 3 is 2.54 bits per heavy atom. The molecular formula is C20H25FN2O5. The molecule has 0 spiro atoms. The van der Waals surface area contributed by atoms with Gasteiger partial charge in [0.05, 0.1) is 11.3 Å². The van der Waals surface area contributed by atoms with Crippen LogP contribution in [-0.4, -0.2) is 60.6 Å². The molecular weight excluding hydrogens is 367 g/mol. The summed E-state index contributed by atoms with van der Waals surface area (Å²) in [6.45, 7) is 1.60. The van der Waals surface area contributed by atoms with Gasteiger partial charge < -0.3 is 20.1 Å². The van der Waals surface area contributed by atoms with Crippen LogP contribution in [-0.2, 0) is 14.3 Å². The van der Waals surface area contributed by atoms with E-state index < -0.39 is 17.2 Å². The Morgan fingerprint density at radius 1 is 1.21 bits per heavy atom. The molecule has 2 heterocycles. The first-order valence-corrected chi connectivity index (χ1v) is 9.55. The lowest BCUT2D eigenvalue weighted by atomic mass is 9.80. The van der Waals surface area contributed by atoms with Crippen LogP contribution in [0.25, 0.3) is 0 Å². The number of carboxylic acids is 1. The SMILES string of the molecule is O=C(NCC1(C(=O)O)CCOCC1)C1CCCN(C(=O)c2ccc(F)cc2)C1. The van der Waals surface area contributed by atoms with Crippen LogP contribution >= 0.6 is 0 Å². The number of halogens is 1. The van der Waals surface area contributed by atoms with Crippen molar-refractivity contribution in [2.24, 2.45) is 11.3 Å². The van der Waals surface area contributed by atoms with Crippen LogP contribution in [0.2, 0.25) is 0 Å². The normalized spacial score (nSPS) is 21.8. The zero-order valence-electron chi connectivity index (χ0n) is 15.7. The minimum absolute atomic E-state index is 0.0624. The second-order valence-corrected chi connectivity index (χ2v) is 7.51. The van der Waals surface area contributed by atoms with Crippen LogP contribution in [0.3, 0.4) is 0 Å². The van der Waals surface area contributed by atoms with Crippen LogP contribution in [0, 0.1) is 17.2 Å². The maximum atomic E-state index is 13.1. The zero-order valence-corrected chi connectivity index (χ0v) is 15.7. The summed E-state index contributed by atoms with van der Waals surface area (Å²) in [7, 11) is 0. The summed E-state index contributed by atoms with van der Waals surface area (Å²) in [4.78, 5) is 38.5. The number of rotatable bonds is 5. The van der Waals surface area contributed by atoms with Crippen molar-refractivity contribution in [2.45, 2.75) is 25.7 Å². The Kier molecular flexibility index (Phi) is 6.28. The van der Waals surface area contributed by atoms with Gasteiger partial charge in [-0.1, -0.05) is 0 Å². The van der Waals surface area contributed by atoms with Gasteiger partial charge in [0.15, 0.2) is 0 Å². The molecule has 0 aliphatic carbocycles. The van der Waals surface area contributed by atoms with E-state index in [1.165, 1.54) is 24.3 Å². The van der Waals surface area contributed by atoms with Crippen LogP contribution in [0.15, 0.2) is 24.3 Å². The molecule has 0 bridgehead atoms. The first-order chi connectivity index (χ1) is 13.4. The highest BCUT2D eigenvalue weighted by Crippen LogP contribution is 2.30. The number of hydrogen-bond acceptors (Lipinski definition) is 4. The number of ether oxygens (including phenoxy) is 1. The van der Waals surface area contributed by atoms with E-state index in [9.17, 15) is 23.9 Å². The molecule has 2 fully saturated rings. The number of nitrogens with zero attached hydrogens (tertiary/aromatic N) is 1. The van der Waals surface area contributed by atoms with E-state index in [0.717, 1.165) is 0 Å². The largest absolute Gasteiger partial charge is 0.481 e. The van der Waals surface area contributed by atoms with Crippen LogP contribution in [0.1, 0.15) is 36.0 Å². The van der Waals surface area contributed by atoms with E-state index in [2.05, 4.69) is 5.32 Å². The highest BCUT2D eigenvalue weighted by molar-refractivity contribution is 5.94. The topological polar surface area (TPSA) is 95.9 Å². The summed E-state index contributed by atoms with van der Waals surface area (Å²) in [6, 6.07) is 5.34. The fraction of sp³-hybridized carbons (Fsp3) is 0.550. The first-order valence-electron chi connectivity index (χ1n) is 9.55. The van der Waals surface area contributed by atoms with Crippen molar-refractivity contribution >= 4 is 17.8 Å². The number of piperidine rings is 1. The lowest BCUT2D eigenvalue weighted by Crippen LogP contribution is -2.50. The summed E-state index contributed by atoms with van der Waals surface area (Å²) in [6.07, 6.45) is 2.05. The van der Waals surface area contributed by atoms with Crippen molar-refractivity contribution < 1.29 is 28.6 Å². The molecule has 1 aromatic rings. The highest BCUT2D eigenvalue weighted by Gasteiger charge is 2.41. The van der Waals surface area contributed by atoms with Crippen molar-refractivity contribution in [1.82, 2.24) is 10.2 Å². The molecule has 0 aromatic heterocycles. The predicted molar refractivity (Wildman–Crippen MR) is 98.2 cm³/mol. The quantitative estimate of drug-likeness (QED) is 0.795. The van der Waals surface area contributed by atoms with Crippen LogP contribution in [0.4, 0.5) is 4.39 Å². The number of carbonyl (C=O) groups excluding carboxylic acids is 2. The minimum atomic E-state index is -0.994. The monoisotopic (exact) mass is 392 g/mol. The van der Waals surface area contributed by atoms with Crippen molar-refractivity contribution in [2.75, 3.05) is 32.8 Å². The van der Waals surface area contributed by atoms with E-state index in [0.29, 0.717) is 51.0 Å². The number of likely N-dealkylation sites (tertiary alicyclic amines) is 1. The van der Waals surface area contributed by atoms with Gasteiger partial charge in [0.2, 0.25) is 5.91 Å². The van der Waals surface area contributed by atoms with Gasteiger partial charge in [-0.25, -0.2) is 4.39 Å². The van der Waals surface area contributed by atoms with Gasteiger partial charge in [-0.2, -0.15) is 0 Å². The number of amides is 2. The third-order valence-electron chi connectivity index (χ3n) is 5.68. The summed E-state index contributed by atoms with van der Waals surface area (Å²) < 4.78 is 18.3. The molecule has 2 aliphatic rings. The average Bonchev–Trinajstić information content (AvgIpc) is 2.72. The molecule has 0 saturated carbocycles. The Labute approximate surface area is 162 Å². The van der Waals surface area contributed by atoms with E-state index in [1.54, 1.807) is 4.90 Å². The third kappa shape index (κ3) is 4.49. The summed E-state index contributed by atoms with van der Waals surface area (Å²) >= 11 is 0. The fourth-order valence-corrected chi connectivity index (χ4v) is 3.78. The molecule has 8 heteroatoms. The van der Waals surface area contributed by atoms with E-state index in [-0.39, 0.29) is 30.8 Å². The van der Waals surface area contributed by atoms with Gasteiger partial charge in [0.1, 0.15) is 5.82 Å². The third-order valence-corrected chi connectivity index (χ3v) is 5.68. The lowest BCUT2D eigenvalue weighted by molar-refractivity contribution is -0.154. The van der Waals surface area contributed by atoms with E-state index in [4.69, 9.17) is 4.74 Å². The molecule has 2 saturated heterocycles. The van der Waals surface area contributed by atoms with Gasteiger partial charge >= 0.3 is 5.97 Å². The number of nitrogens with one attached hydrogen (secondary N) is 1. The minimum Gasteiger partial charge on any atom is -0.481 e. The Morgan fingerprint density at radius 2 is 1.89 bits per heavy atom. The van der Waals surface area contributed by atoms with Gasteiger partial charge in [-0.3, -0.25) is 14.4 Å². The molecule has 7 nitrogen and oxygen atoms in total. The van der Waals surface area contributed by atoms with Gasteiger partial charge in [-0.05, 0) is 49.9 Å². The molecule has 1 aromatic carbocycles. The first kappa shape index (κ1) is 20.3. The van der Waals surface area contributed by atoms with Crippen molar-refractivity contribution in [3.05, 3.63) is 35.6 Å². The number of carbonyl (C=O) groups is 3. The van der Waals surface area contributed by atoms with Crippen molar-refractivity contribution in [1.29, 1.82) is 0 Å². The number of benzene rings is 1. The summed E-state index contributed by atoms with van der Waals surface area (Å²) in [5.74, 6) is -2.18. The average molecular weight is 392 g/mol. The predicted octanol–water partition coefficient (Wildman–Crippen LogP) is 1.68. The van der Waals surface area contributed by atoms with Crippen molar-refractivity contribution in [3.63, 3.8) is 0 Å². The molecule has 0 radical (unpaired) electrons. The van der Waals surface area contributed by atoms with Crippen LogP contribution < -0.4 is 5.32 Å². The highest BCUT2D eigenvalue weighted by atomic mass is 19.1. The Balaban J connectivity index is 1.58. The second-order valence-electron chi connectivity index (χ2n) is 7.51. The number of hydrogen-bond donors (Lipinski definition) is 2. The smallest absolute Gasteiger partial charge is 0.311 e. The second kappa shape index (κ2) is 8.68. The molecule has 2 amide bonds. The molecule has 152 valence electrons. The Bertz CT molecular complexity index is 731. The van der Waals surface area contributed by atoms with Gasteiger partial charge in [0, 0.05) is 38.4 Å². The maximum absolute atomic E-state index is 13.1. The number of carboxylic acid groups (broad SMARTS) is 1. The molecule has 1 atom stereocenters. The fourth-order valence-electron chi connectivity index (χ4n) is 3.78. The number of aliphatic carboxylic acids is 1. The van der Waals surface area contributed by atoms with Crippen LogP contribution in [0.5, 0.6) is 0 Å². The van der Waals surface area contributed by atoms with E-state index in [1.807, 2.05) is 0 Å². The van der Waals surface area contributed by atoms with E-state index >= 15 is 0 Å². The molecule has 1 unspecified atom stereocenters. The standard InChI is InChI=1S/C20H25FN2O5/c21-16-5-3-14(4-6-16)18(25)23-9-1-2-15(12-23)17(24)22-13-20(19(26)27)7-10-28-11-8-20/h3-6,15H,1-2,7-13H2,(H,22,24)(H,26,27). The van der Waals surface area contributed by atoms with Crippen molar-refractivity contribution in [3.8, 4) is 0 Å². The summed E-state index contributed by atoms with van der Waals surface area (Å²) in [5, 5.41) is 12.4. The molecule has 3 rings (SSSR count). The molecule has 2 aliphatic heterocycles. The maximum Gasteiger partial charge on any atom is 0.311 e. The van der Waals surface area contributed by atoms with Gasteiger partial charge in [-0.15, -0.1) is 0 Å². The van der Waals surface area contributed by atoms with Gasteiger partial charge in [0.25, 0.3) is 5.91 Å².